The first-order valence-corrected chi connectivity index (χ1v) is 11.2. The number of hydrazone groups is 1. The predicted octanol–water partition coefficient (Wildman–Crippen LogP) is 5.19. The van der Waals surface area contributed by atoms with Crippen LogP contribution in [0.15, 0.2) is 78.4 Å². The molecule has 3 aromatic carbocycles. The first-order valence-electron chi connectivity index (χ1n) is 10.8. The maximum atomic E-state index is 12.1. The Labute approximate surface area is 209 Å². The van der Waals surface area contributed by atoms with Crippen molar-refractivity contribution in [3.05, 3.63) is 95.0 Å². The Morgan fingerprint density at radius 2 is 1.57 bits per heavy atom. The maximum absolute atomic E-state index is 12.1. The number of hydrogen-bond donors (Lipinski definition) is 1. The van der Waals surface area contributed by atoms with Gasteiger partial charge in [0.1, 0.15) is 6.61 Å². The third kappa shape index (κ3) is 7.79. The highest BCUT2D eigenvalue weighted by atomic mass is 35.5. The van der Waals surface area contributed by atoms with Gasteiger partial charge in [0, 0.05) is 5.02 Å². The molecule has 0 radical (unpaired) electrons. The van der Waals surface area contributed by atoms with Crippen molar-refractivity contribution < 1.29 is 23.7 Å². The molecule has 3 rings (SSSR count). The van der Waals surface area contributed by atoms with Gasteiger partial charge in [0.15, 0.2) is 29.6 Å². The molecule has 3 aromatic rings. The fraction of sp³-hybridized carbons (Fsp3) is 0.185. The molecule has 182 valence electrons. The quantitative estimate of drug-likeness (QED) is 0.213. The monoisotopic (exact) mass is 494 g/mol. The van der Waals surface area contributed by atoms with Crippen LogP contribution in [-0.2, 0) is 17.8 Å². The number of nitrogens with one attached hydrogen (secondary N) is 1. The van der Waals surface area contributed by atoms with Crippen molar-refractivity contribution in [3.8, 4) is 23.0 Å². The molecular formula is C27H27ClN2O5. The summed E-state index contributed by atoms with van der Waals surface area (Å²) >= 11 is 5.91. The first-order chi connectivity index (χ1) is 17.0. The van der Waals surface area contributed by atoms with Crippen LogP contribution in [0.4, 0.5) is 0 Å². The molecule has 0 heterocycles. The van der Waals surface area contributed by atoms with Gasteiger partial charge in [-0.2, -0.15) is 5.10 Å². The first kappa shape index (κ1) is 25.6. The highest BCUT2D eigenvalue weighted by Gasteiger charge is 2.09. The lowest BCUT2D eigenvalue weighted by Gasteiger charge is -2.12. The van der Waals surface area contributed by atoms with Gasteiger partial charge in [-0.1, -0.05) is 35.9 Å². The summed E-state index contributed by atoms with van der Waals surface area (Å²) in [7, 11) is 3.11. The number of hydrogen-bond acceptors (Lipinski definition) is 6. The number of allylic oxidation sites excluding steroid dienone is 1. The minimum atomic E-state index is -0.409. The van der Waals surface area contributed by atoms with Gasteiger partial charge in [0.05, 0.1) is 20.4 Å². The highest BCUT2D eigenvalue weighted by molar-refractivity contribution is 6.30. The Hall–Kier alpha value is -3.97. The van der Waals surface area contributed by atoms with Crippen molar-refractivity contribution in [3.63, 3.8) is 0 Å². The fourth-order valence-electron chi connectivity index (χ4n) is 3.10. The normalized spacial score (nSPS) is 10.6. The summed E-state index contributed by atoms with van der Waals surface area (Å²) in [5.74, 6) is 1.74. The second-order valence-corrected chi connectivity index (χ2v) is 7.82. The minimum absolute atomic E-state index is 0.213. The molecule has 8 heteroatoms. The molecule has 0 aliphatic heterocycles. The molecule has 0 atom stereocenters. The van der Waals surface area contributed by atoms with Crippen LogP contribution in [0.2, 0.25) is 5.02 Å². The Kier molecular flexibility index (Phi) is 9.57. The van der Waals surface area contributed by atoms with E-state index in [1.807, 2.05) is 42.5 Å². The van der Waals surface area contributed by atoms with Crippen LogP contribution in [0.3, 0.4) is 0 Å². The Morgan fingerprint density at radius 1 is 0.914 bits per heavy atom. The van der Waals surface area contributed by atoms with Crippen LogP contribution in [0.25, 0.3) is 0 Å². The van der Waals surface area contributed by atoms with E-state index in [1.165, 1.54) is 6.21 Å². The van der Waals surface area contributed by atoms with Crippen LogP contribution in [0.1, 0.15) is 16.7 Å². The second kappa shape index (κ2) is 13.1. The van der Waals surface area contributed by atoms with Gasteiger partial charge in [0.25, 0.3) is 5.91 Å². The Bertz CT molecular complexity index is 1180. The molecule has 7 nitrogen and oxygen atoms in total. The van der Waals surface area contributed by atoms with Crippen molar-refractivity contribution in [2.75, 3.05) is 20.8 Å². The molecule has 0 spiro atoms. The molecule has 1 N–H and O–H groups in total. The molecule has 1 amide bonds. The Morgan fingerprint density at radius 3 is 2.29 bits per heavy atom. The van der Waals surface area contributed by atoms with E-state index in [9.17, 15) is 4.79 Å². The third-order valence-electron chi connectivity index (χ3n) is 4.86. The van der Waals surface area contributed by atoms with Gasteiger partial charge in [0.2, 0.25) is 0 Å². The summed E-state index contributed by atoms with van der Waals surface area (Å²) in [5.41, 5.74) is 5.19. The molecule has 35 heavy (non-hydrogen) atoms. The van der Waals surface area contributed by atoms with Crippen molar-refractivity contribution >= 4 is 23.7 Å². The molecule has 0 bridgehead atoms. The average Bonchev–Trinajstić information content (AvgIpc) is 2.88. The van der Waals surface area contributed by atoms with Crippen molar-refractivity contribution in [2.24, 2.45) is 5.10 Å². The Balaban J connectivity index is 1.52. The van der Waals surface area contributed by atoms with Gasteiger partial charge in [-0.05, 0) is 65.6 Å². The van der Waals surface area contributed by atoms with Gasteiger partial charge >= 0.3 is 0 Å². The lowest BCUT2D eigenvalue weighted by Crippen LogP contribution is -2.24. The lowest BCUT2D eigenvalue weighted by molar-refractivity contribution is -0.123. The predicted molar refractivity (Wildman–Crippen MR) is 137 cm³/mol. The van der Waals surface area contributed by atoms with E-state index in [1.54, 1.807) is 38.5 Å². The fourth-order valence-corrected chi connectivity index (χ4v) is 3.23. The van der Waals surface area contributed by atoms with Gasteiger partial charge in [-0.25, -0.2) is 5.43 Å². The number of rotatable bonds is 12. The number of carbonyl (C=O) groups is 1. The van der Waals surface area contributed by atoms with Crippen LogP contribution in [0, 0.1) is 0 Å². The molecule has 0 unspecified atom stereocenters. The highest BCUT2D eigenvalue weighted by Crippen LogP contribution is 2.29. The smallest absolute Gasteiger partial charge is 0.277 e. The number of carbonyl (C=O) groups excluding carboxylic acids is 1. The van der Waals surface area contributed by atoms with E-state index < -0.39 is 5.91 Å². The summed E-state index contributed by atoms with van der Waals surface area (Å²) in [6, 6.07) is 18.3. The third-order valence-corrected chi connectivity index (χ3v) is 5.12. The molecule has 0 aliphatic rings. The topological polar surface area (TPSA) is 78.4 Å². The number of halogens is 1. The standard InChI is InChI=1S/C27H27ClN2O5/c1-4-5-19-8-12-24(25(14-19)32-2)35-18-27(31)30-29-16-21-9-13-23(26(15-21)33-3)34-17-20-6-10-22(28)11-7-20/h4,6-16H,1,5,17-18H2,2-3H3,(H,30,31)/b29-16-. The minimum Gasteiger partial charge on any atom is -0.493 e. The van der Waals surface area contributed by atoms with Crippen molar-refractivity contribution in [1.29, 1.82) is 0 Å². The SMILES string of the molecule is C=CCc1ccc(OCC(=O)N/N=C\c2ccc(OCc3ccc(Cl)cc3)c(OC)c2)c(OC)c1. The average molecular weight is 495 g/mol. The molecule has 0 saturated carbocycles. The number of methoxy groups -OCH3 is 2. The molecular weight excluding hydrogens is 468 g/mol. The number of ether oxygens (including phenoxy) is 4. The largest absolute Gasteiger partial charge is 0.493 e. The van der Waals surface area contributed by atoms with Crippen molar-refractivity contribution in [1.82, 2.24) is 5.43 Å². The summed E-state index contributed by atoms with van der Waals surface area (Å²) in [6.45, 7) is 3.89. The zero-order valence-electron chi connectivity index (χ0n) is 19.6. The number of amides is 1. The van der Waals surface area contributed by atoms with Crippen LogP contribution in [-0.4, -0.2) is 32.9 Å². The van der Waals surface area contributed by atoms with E-state index in [4.69, 9.17) is 30.5 Å². The number of benzene rings is 3. The van der Waals surface area contributed by atoms with Crippen LogP contribution >= 0.6 is 11.6 Å². The van der Waals surface area contributed by atoms with Gasteiger partial charge in [-0.15, -0.1) is 6.58 Å². The molecule has 0 saturated heterocycles. The van der Waals surface area contributed by atoms with Crippen molar-refractivity contribution in [2.45, 2.75) is 13.0 Å². The van der Waals surface area contributed by atoms with Gasteiger partial charge < -0.3 is 18.9 Å². The lowest BCUT2D eigenvalue weighted by atomic mass is 10.1. The summed E-state index contributed by atoms with van der Waals surface area (Å²) in [6.07, 6.45) is 4.03. The van der Waals surface area contributed by atoms with E-state index in [0.29, 0.717) is 41.0 Å². The summed E-state index contributed by atoms with van der Waals surface area (Å²) < 4.78 is 22.2. The van der Waals surface area contributed by atoms with E-state index in [2.05, 4.69) is 17.1 Å². The second-order valence-electron chi connectivity index (χ2n) is 7.39. The summed E-state index contributed by atoms with van der Waals surface area (Å²) in [5, 5.41) is 4.66. The van der Waals surface area contributed by atoms with E-state index in [0.717, 1.165) is 16.7 Å². The zero-order valence-corrected chi connectivity index (χ0v) is 20.4. The zero-order chi connectivity index (χ0) is 25.0. The maximum Gasteiger partial charge on any atom is 0.277 e. The van der Waals surface area contributed by atoms with E-state index in [-0.39, 0.29) is 6.61 Å². The van der Waals surface area contributed by atoms with Crippen LogP contribution in [0.5, 0.6) is 23.0 Å². The summed E-state index contributed by atoms with van der Waals surface area (Å²) in [4.78, 5) is 12.1. The van der Waals surface area contributed by atoms with E-state index >= 15 is 0 Å². The van der Waals surface area contributed by atoms with Gasteiger partial charge in [-0.3, -0.25) is 4.79 Å². The molecule has 0 fully saturated rings. The molecule has 0 aliphatic carbocycles. The molecule has 0 aromatic heterocycles. The van der Waals surface area contributed by atoms with Crippen LogP contribution < -0.4 is 24.4 Å². The number of nitrogens with zero attached hydrogens (tertiary/aromatic N) is 1.